The standard InChI is InChI=1S/C15H16F6N2O.C10H6BrF6NO/c16-14(17,18)12-8-11(22-13(24)15(19,20)21)5-4-10(12)9-23-6-2-1-3-7-23;11-4-5-1-2-6(3-7(5)9(12,13)14)18-8(19)10(15,16)17/h4-5,8H,1-3,6-7,9H2,(H,22,24);1-3H,4H2,(H,18,19). The molecule has 1 heterocycles. The minimum atomic E-state index is -5.16. The highest BCUT2D eigenvalue weighted by Gasteiger charge is 2.40. The summed E-state index contributed by atoms with van der Waals surface area (Å²) in [7, 11) is 0. The van der Waals surface area contributed by atoms with Crippen molar-refractivity contribution in [3.8, 4) is 0 Å². The Hall–Kier alpha value is -3.02. The highest BCUT2D eigenvalue weighted by Crippen LogP contribution is 2.36. The van der Waals surface area contributed by atoms with Crippen molar-refractivity contribution in [2.24, 2.45) is 0 Å². The summed E-state index contributed by atoms with van der Waals surface area (Å²) in [5.41, 5.74) is -3.41. The van der Waals surface area contributed by atoms with Gasteiger partial charge in [0.05, 0.1) is 11.1 Å². The fraction of sp³-hybridized carbons (Fsp3) is 0.440. The van der Waals surface area contributed by atoms with Crippen LogP contribution in [-0.2, 0) is 33.8 Å². The number of carbonyl (C=O) groups excluding carboxylic acids is 2. The van der Waals surface area contributed by atoms with Gasteiger partial charge in [-0.2, -0.15) is 52.7 Å². The van der Waals surface area contributed by atoms with Crippen LogP contribution < -0.4 is 10.6 Å². The van der Waals surface area contributed by atoms with Crippen molar-refractivity contribution in [3.05, 3.63) is 58.7 Å². The predicted molar refractivity (Wildman–Crippen MR) is 134 cm³/mol. The molecule has 43 heavy (non-hydrogen) atoms. The molecule has 18 heteroatoms. The number of hydrogen-bond donors (Lipinski definition) is 2. The number of nitrogens with zero attached hydrogens (tertiary/aromatic N) is 1. The van der Waals surface area contributed by atoms with E-state index < -0.39 is 59.0 Å². The Kier molecular flexibility index (Phi) is 11.9. The highest BCUT2D eigenvalue weighted by atomic mass is 79.9. The number of rotatable bonds is 5. The molecule has 0 aliphatic carbocycles. The van der Waals surface area contributed by atoms with E-state index in [1.165, 1.54) is 10.6 Å². The van der Waals surface area contributed by atoms with Crippen molar-refractivity contribution >= 4 is 39.1 Å². The molecule has 2 amide bonds. The first kappa shape index (κ1) is 36.2. The molecule has 1 aliphatic rings. The van der Waals surface area contributed by atoms with Crippen molar-refractivity contribution in [1.29, 1.82) is 0 Å². The van der Waals surface area contributed by atoms with Gasteiger partial charge >= 0.3 is 36.5 Å². The Morgan fingerprint density at radius 2 is 1.05 bits per heavy atom. The number of alkyl halides is 13. The first-order chi connectivity index (χ1) is 19.6. The SMILES string of the molecule is O=C(Nc1ccc(CBr)c(C(F)(F)F)c1)C(F)(F)F.O=C(Nc1ccc(CN2CCCCC2)c(C(F)(F)F)c1)C(F)(F)F. The van der Waals surface area contributed by atoms with Crippen molar-refractivity contribution < 1.29 is 62.3 Å². The number of piperidine rings is 1. The van der Waals surface area contributed by atoms with Gasteiger partial charge in [-0.05, 0) is 61.3 Å². The van der Waals surface area contributed by atoms with Gasteiger partial charge in [-0.15, -0.1) is 0 Å². The van der Waals surface area contributed by atoms with Crippen LogP contribution in [0.5, 0.6) is 0 Å². The van der Waals surface area contributed by atoms with Crippen LogP contribution in [0.25, 0.3) is 0 Å². The average Bonchev–Trinajstić information content (AvgIpc) is 2.88. The lowest BCUT2D eigenvalue weighted by molar-refractivity contribution is -0.167. The summed E-state index contributed by atoms with van der Waals surface area (Å²) < 4.78 is 150. The number of amides is 2. The minimum absolute atomic E-state index is 0.0191. The summed E-state index contributed by atoms with van der Waals surface area (Å²) in [5, 5.41) is 2.70. The summed E-state index contributed by atoms with van der Waals surface area (Å²) in [6.07, 6.45) is -16.9. The lowest BCUT2D eigenvalue weighted by Crippen LogP contribution is -2.31. The van der Waals surface area contributed by atoms with Crippen LogP contribution in [0.4, 0.5) is 64.1 Å². The smallest absolute Gasteiger partial charge is 0.318 e. The second-order valence-electron chi connectivity index (χ2n) is 9.11. The van der Waals surface area contributed by atoms with Gasteiger partial charge < -0.3 is 10.6 Å². The molecule has 1 aliphatic heterocycles. The molecular formula is C25H22BrF12N3O2. The second kappa shape index (κ2) is 14.2. The topological polar surface area (TPSA) is 61.4 Å². The first-order valence-electron chi connectivity index (χ1n) is 12.1. The number of halogens is 13. The van der Waals surface area contributed by atoms with Crippen molar-refractivity contribution in [3.63, 3.8) is 0 Å². The summed E-state index contributed by atoms with van der Waals surface area (Å²) in [4.78, 5) is 23.4. The van der Waals surface area contributed by atoms with Crippen molar-refractivity contribution in [1.82, 2.24) is 4.90 Å². The third-order valence-corrected chi connectivity index (χ3v) is 6.45. The highest BCUT2D eigenvalue weighted by molar-refractivity contribution is 9.08. The number of benzene rings is 2. The summed E-state index contributed by atoms with van der Waals surface area (Å²) in [6, 6.07) is 5.13. The van der Waals surface area contributed by atoms with Crippen LogP contribution in [0.15, 0.2) is 36.4 Å². The van der Waals surface area contributed by atoms with Gasteiger partial charge in [-0.25, -0.2) is 0 Å². The van der Waals surface area contributed by atoms with Crippen molar-refractivity contribution in [2.45, 2.75) is 55.8 Å². The fourth-order valence-electron chi connectivity index (χ4n) is 3.85. The van der Waals surface area contributed by atoms with Crippen LogP contribution in [0.1, 0.15) is 41.5 Å². The monoisotopic (exact) mass is 703 g/mol. The molecular weight excluding hydrogens is 682 g/mol. The van der Waals surface area contributed by atoms with E-state index in [1.54, 1.807) is 0 Å². The molecule has 0 atom stereocenters. The predicted octanol–water partition coefficient (Wildman–Crippen LogP) is 8.29. The Balaban J connectivity index is 0.000000309. The number of carbonyl (C=O) groups is 2. The van der Waals surface area contributed by atoms with E-state index in [1.807, 2.05) is 4.90 Å². The molecule has 240 valence electrons. The molecule has 0 spiro atoms. The van der Waals surface area contributed by atoms with E-state index in [0.717, 1.165) is 43.5 Å². The molecule has 0 unspecified atom stereocenters. The van der Waals surface area contributed by atoms with Gasteiger partial charge in [0.2, 0.25) is 0 Å². The molecule has 0 radical (unpaired) electrons. The largest absolute Gasteiger partial charge is 0.471 e. The zero-order valence-corrected chi connectivity index (χ0v) is 23.2. The van der Waals surface area contributed by atoms with Crippen LogP contribution in [0.2, 0.25) is 0 Å². The van der Waals surface area contributed by atoms with Crippen LogP contribution in [0.3, 0.4) is 0 Å². The molecule has 1 saturated heterocycles. The van der Waals surface area contributed by atoms with Gasteiger partial charge in [0.1, 0.15) is 0 Å². The summed E-state index contributed by atoms with van der Waals surface area (Å²) in [5.74, 6) is -4.63. The van der Waals surface area contributed by atoms with Crippen molar-refractivity contribution in [2.75, 3.05) is 23.7 Å². The number of anilines is 2. The second-order valence-corrected chi connectivity index (χ2v) is 9.67. The molecule has 0 aromatic heterocycles. The van der Waals surface area contributed by atoms with E-state index in [0.29, 0.717) is 25.2 Å². The molecule has 2 aromatic rings. The van der Waals surface area contributed by atoms with E-state index in [4.69, 9.17) is 0 Å². The third-order valence-electron chi connectivity index (χ3n) is 5.85. The third kappa shape index (κ3) is 11.2. The first-order valence-corrected chi connectivity index (χ1v) is 13.2. The van der Waals surface area contributed by atoms with E-state index in [2.05, 4.69) is 15.9 Å². The molecule has 0 bridgehead atoms. The van der Waals surface area contributed by atoms with Gasteiger partial charge in [0.25, 0.3) is 0 Å². The molecule has 1 fully saturated rings. The number of hydrogen-bond acceptors (Lipinski definition) is 3. The van der Waals surface area contributed by atoms with E-state index >= 15 is 0 Å². The Labute approximate surface area is 244 Å². The lowest BCUT2D eigenvalue weighted by atomic mass is 10.0. The zero-order chi connectivity index (χ0) is 32.8. The quantitative estimate of drug-likeness (QED) is 0.243. The van der Waals surface area contributed by atoms with Gasteiger partial charge in [-0.1, -0.05) is 34.5 Å². The number of likely N-dealkylation sites (tertiary alicyclic amines) is 1. The minimum Gasteiger partial charge on any atom is -0.318 e. The van der Waals surface area contributed by atoms with Gasteiger partial charge in [0.15, 0.2) is 0 Å². The Morgan fingerprint density at radius 1 is 0.651 bits per heavy atom. The van der Waals surface area contributed by atoms with Crippen LogP contribution >= 0.6 is 15.9 Å². The normalized spacial score (nSPS) is 14.9. The lowest BCUT2D eigenvalue weighted by Gasteiger charge is -2.27. The van der Waals surface area contributed by atoms with Crippen LogP contribution in [-0.4, -0.2) is 42.2 Å². The maximum atomic E-state index is 13.2. The molecule has 5 nitrogen and oxygen atoms in total. The Morgan fingerprint density at radius 3 is 1.42 bits per heavy atom. The molecule has 2 aromatic carbocycles. The van der Waals surface area contributed by atoms with E-state index in [9.17, 15) is 62.3 Å². The average molecular weight is 704 g/mol. The van der Waals surface area contributed by atoms with E-state index in [-0.39, 0.29) is 23.0 Å². The summed E-state index contributed by atoms with van der Waals surface area (Å²) >= 11 is 2.84. The molecule has 0 saturated carbocycles. The van der Waals surface area contributed by atoms with Gasteiger partial charge in [0, 0.05) is 23.2 Å². The maximum absolute atomic E-state index is 13.2. The van der Waals surface area contributed by atoms with Crippen LogP contribution in [0, 0.1) is 0 Å². The maximum Gasteiger partial charge on any atom is 0.471 e. The fourth-order valence-corrected chi connectivity index (χ4v) is 4.34. The molecule has 3 rings (SSSR count). The van der Waals surface area contributed by atoms with Gasteiger partial charge in [-0.3, -0.25) is 14.5 Å². The zero-order valence-electron chi connectivity index (χ0n) is 21.6. The number of nitrogens with one attached hydrogen (secondary N) is 2. The molecule has 2 N–H and O–H groups in total. The summed E-state index contributed by atoms with van der Waals surface area (Å²) in [6.45, 7) is 1.44. The Bertz CT molecular complexity index is 1270.